The molecule has 0 aromatic heterocycles. The van der Waals surface area contributed by atoms with Crippen LogP contribution >= 0.6 is 0 Å². The van der Waals surface area contributed by atoms with Crippen LogP contribution in [0.1, 0.15) is 26.3 Å². The van der Waals surface area contributed by atoms with E-state index in [1.54, 1.807) is 6.07 Å². The molecule has 0 aliphatic carbocycles. The van der Waals surface area contributed by atoms with E-state index in [4.69, 9.17) is 10.9 Å². The molecule has 21 heavy (non-hydrogen) atoms. The lowest BCUT2D eigenvalue weighted by molar-refractivity contribution is 0.128. The summed E-state index contributed by atoms with van der Waals surface area (Å²) in [6.45, 7) is 9.93. The van der Waals surface area contributed by atoms with Crippen LogP contribution < -0.4 is 10.6 Å². The topological polar surface area (TPSA) is 65.1 Å². The standard InChI is InChI=1S/C15H23FN4O/c1-15(2,3)20-9-7-19(8-10-20)12-6-4-5-11(16)13(12)14(17)18-21/h4-6,21H,7-10H2,1-3H3,(H2,17,18). The Morgan fingerprint density at radius 2 is 1.86 bits per heavy atom. The van der Waals surface area contributed by atoms with Crippen LogP contribution in [0, 0.1) is 5.82 Å². The van der Waals surface area contributed by atoms with Crippen molar-refractivity contribution in [3.05, 3.63) is 29.6 Å². The van der Waals surface area contributed by atoms with E-state index in [0.717, 1.165) is 26.2 Å². The summed E-state index contributed by atoms with van der Waals surface area (Å²) in [5.74, 6) is -0.664. The maximum atomic E-state index is 14.0. The molecule has 6 heteroatoms. The Morgan fingerprint density at radius 3 is 2.38 bits per heavy atom. The van der Waals surface area contributed by atoms with Gasteiger partial charge in [0.2, 0.25) is 0 Å². The zero-order chi connectivity index (χ0) is 15.6. The Kier molecular flexibility index (Phi) is 4.37. The molecule has 1 saturated heterocycles. The van der Waals surface area contributed by atoms with Crippen molar-refractivity contribution in [2.75, 3.05) is 31.1 Å². The van der Waals surface area contributed by atoms with Crippen LogP contribution in [0.2, 0.25) is 0 Å². The molecule has 0 amide bonds. The molecule has 5 nitrogen and oxygen atoms in total. The van der Waals surface area contributed by atoms with Crippen LogP contribution in [-0.2, 0) is 0 Å². The number of rotatable bonds is 2. The second-order valence-electron chi connectivity index (χ2n) is 6.26. The van der Waals surface area contributed by atoms with Gasteiger partial charge < -0.3 is 15.8 Å². The third kappa shape index (κ3) is 3.26. The van der Waals surface area contributed by atoms with E-state index >= 15 is 0 Å². The highest BCUT2D eigenvalue weighted by atomic mass is 19.1. The van der Waals surface area contributed by atoms with Gasteiger partial charge in [0.05, 0.1) is 11.3 Å². The molecule has 1 aromatic carbocycles. The van der Waals surface area contributed by atoms with Crippen LogP contribution in [0.5, 0.6) is 0 Å². The van der Waals surface area contributed by atoms with Crippen LogP contribution in [0.15, 0.2) is 23.4 Å². The first kappa shape index (κ1) is 15.6. The minimum Gasteiger partial charge on any atom is -0.409 e. The monoisotopic (exact) mass is 294 g/mol. The molecule has 0 saturated carbocycles. The molecule has 1 aromatic rings. The smallest absolute Gasteiger partial charge is 0.175 e. The Bertz CT molecular complexity index is 531. The Labute approximate surface area is 124 Å². The van der Waals surface area contributed by atoms with Crippen molar-refractivity contribution < 1.29 is 9.60 Å². The predicted molar refractivity (Wildman–Crippen MR) is 82.4 cm³/mol. The molecule has 116 valence electrons. The van der Waals surface area contributed by atoms with E-state index in [1.807, 2.05) is 6.07 Å². The maximum absolute atomic E-state index is 14.0. The summed E-state index contributed by atoms with van der Waals surface area (Å²) in [5, 5.41) is 11.8. The van der Waals surface area contributed by atoms with Gasteiger partial charge in [-0.3, -0.25) is 4.90 Å². The lowest BCUT2D eigenvalue weighted by atomic mass is 10.0. The predicted octanol–water partition coefficient (Wildman–Crippen LogP) is 1.84. The number of anilines is 1. The second-order valence-corrected chi connectivity index (χ2v) is 6.26. The largest absolute Gasteiger partial charge is 0.409 e. The van der Waals surface area contributed by atoms with Gasteiger partial charge in [-0.2, -0.15) is 0 Å². The fraction of sp³-hybridized carbons (Fsp3) is 0.533. The Morgan fingerprint density at radius 1 is 1.24 bits per heavy atom. The van der Waals surface area contributed by atoms with Crippen LogP contribution in [-0.4, -0.2) is 47.7 Å². The van der Waals surface area contributed by atoms with Crippen LogP contribution in [0.25, 0.3) is 0 Å². The third-order valence-corrected chi connectivity index (χ3v) is 3.92. The van der Waals surface area contributed by atoms with E-state index in [0.29, 0.717) is 5.69 Å². The third-order valence-electron chi connectivity index (χ3n) is 3.92. The highest BCUT2D eigenvalue weighted by molar-refractivity contribution is 6.02. The summed E-state index contributed by atoms with van der Waals surface area (Å²) in [6.07, 6.45) is 0. The second kappa shape index (κ2) is 5.89. The number of hydrogen-bond acceptors (Lipinski definition) is 4. The average molecular weight is 294 g/mol. The number of halogens is 1. The molecule has 0 atom stereocenters. The molecule has 1 aliphatic heterocycles. The molecule has 2 rings (SSSR count). The molecular formula is C15H23FN4O. The van der Waals surface area contributed by atoms with Crippen molar-refractivity contribution in [3.63, 3.8) is 0 Å². The SMILES string of the molecule is CC(C)(C)N1CCN(c2cccc(F)c2C(N)=NO)CC1. The summed E-state index contributed by atoms with van der Waals surface area (Å²) in [7, 11) is 0. The van der Waals surface area contributed by atoms with Gasteiger partial charge >= 0.3 is 0 Å². The number of amidine groups is 1. The number of piperazine rings is 1. The van der Waals surface area contributed by atoms with Gasteiger partial charge in [0.15, 0.2) is 5.84 Å². The first-order valence-corrected chi connectivity index (χ1v) is 7.11. The Hall–Kier alpha value is -1.82. The summed E-state index contributed by atoms with van der Waals surface area (Å²) in [4.78, 5) is 4.48. The number of nitrogens with two attached hydrogens (primary N) is 1. The summed E-state index contributed by atoms with van der Waals surface area (Å²) in [6, 6.07) is 4.78. The van der Waals surface area contributed by atoms with Crippen LogP contribution in [0.4, 0.5) is 10.1 Å². The number of hydrogen-bond donors (Lipinski definition) is 2. The van der Waals surface area contributed by atoms with E-state index in [2.05, 4.69) is 35.7 Å². The van der Waals surface area contributed by atoms with E-state index in [1.165, 1.54) is 6.07 Å². The van der Waals surface area contributed by atoms with Gasteiger partial charge in [0.25, 0.3) is 0 Å². The van der Waals surface area contributed by atoms with E-state index in [-0.39, 0.29) is 16.9 Å². The van der Waals surface area contributed by atoms with Crippen molar-refractivity contribution in [3.8, 4) is 0 Å². The van der Waals surface area contributed by atoms with E-state index in [9.17, 15) is 4.39 Å². The molecule has 0 radical (unpaired) electrons. The highest BCUT2D eigenvalue weighted by Crippen LogP contribution is 2.26. The molecule has 0 unspecified atom stereocenters. The minimum atomic E-state index is -0.471. The molecule has 0 bridgehead atoms. The van der Waals surface area contributed by atoms with Crippen molar-refractivity contribution in [1.29, 1.82) is 0 Å². The summed E-state index contributed by atoms with van der Waals surface area (Å²) < 4.78 is 14.0. The van der Waals surface area contributed by atoms with Crippen molar-refractivity contribution >= 4 is 11.5 Å². The minimum absolute atomic E-state index is 0.127. The highest BCUT2D eigenvalue weighted by Gasteiger charge is 2.27. The molecule has 0 spiro atoms. The fourth-order valence-corrected chi connectivity index (χ4v) is 2.70. The zero-order valence-corrected chi connectivity index (χ0v) is 12.8. The van der Waals surface area contributed by atoms with Crippen molar-refractivity contribution in [2.24, 2.45) is 10.9 Å². The zero-order valence-electron chi connectivity index (χ0n) is 12.8. The molecule has 1 heterocycles. The lowest BCUT2D eigenvalue weighted by Crippen LogP contribution is -2.53. The van der Waals surface area contributed by atoms with Crippen LogP contribution in [0.3, 0.4) is 0 Å². The van der Waals surface area contributed by atoms with Gasteiger partial charge in [0, 0.05) is 31.7 Å². The fourth-order valence-electron chi connectivity index (χ4n) is 2.70. The Balaban J connectivity index is 2.23. The number of oxime groups is 1. The average Bonchev–Trinajstić information content (AvgIpc) is 2.45. The molecule has 1 fully saturated rings. The summed E-state index contributed by atoms with van der Waals surface area (Å²) >= 11 is 0. The normalized spacial score (nSPS) is 18.1. The summed E-state index contributed by atoms with van der Waals surface area (Å²) in [5.41, 5.74) is 6.60. The molecular weight excluding hydrogens is 271 g/mol. The lowest BCUT2D eigenvalue weighted by Gasteiger charge is -2.43. The van der Waals surface area contributed by atoms with Gasteiger partial charge in [-0.25, -0.2) is 4.39 Å². The number of nitrogens with zero attached hydrogens (tertiary/aromatic N) is 3. The van der Waals surface area contributed by atoms with Gasteiger partial charge in [-0.1, -0.05) is 11.2 Å². The van der Waals surface area contributed by atoms with Crippen molar-refractivity contribution in [1.82, 2.24) is 4.90 Å². The van der Waals surface area contributed by atoms with Gasteiger partial charge in [0.1, 0.15) is 5.82 Å². The number of benzene rings is 1. The molecule has 3 N–H and O–H groups in total. The maximum Gasteiger partial charge on any atom is 0.175 e. The van der Waals surface area contributed by atoms with Crippen molar-refractivity contribution in [2.45, 2.75) is 26.3 Å². The first-order chi connectivity index (χ1) is 9.84. The quantitative estimate of drug-likeness (QED) is 0.378. The first-order valence-electron chi connectivity index (χ1n) is 7.11. The molecule has 1 aliphatic rings. The van der Waals surface area contributed by atoms with Gasteiger partial charge in [-0.15, -0.1) is 0 Å². The van der Waals surface area contributed by atoms with Gasteiger partial charge in [-0.05, 0) is 32.9 Å². The van der Waals surface area contributed by atoms with E-state index < -0.39 is 5.82 Å².